The second-order valence-corrected chi connectivity index (χ2v) is 5.23. The van der Waals surface area contributed by atoms with Crippen molar-refractivity contribution >= 4 is 11.9 Å². The molecule has 0 spiro atoms. The number of esters is 1. The van der Waals surface area contributed by atoms with Crippen LogP contribution < -0.4 is 5.73 Å². The van der Waals surface area contributed by atoms with E-state index in [0.29, 0.717) is 5.56 Å². The maximum atomic E-state index is 12.9. The molecule has 1 amide bonds. The molecule has 0 aliphatic rings. The molecule has 2 aromatic carbocycles. The van der Waals surface area contributed by atoms with Gasteiger partial charge in [0.2, 0.25) is 5.91 Å². The van der Waals surface area contributed by atoms with Gasteiger partial charge in [0, 0.05) is 0 Å². The molecule has 0 radical (unpaired) electrons. The van der Waals surface area contributed by atoms with Gasteiger partial charge in [-0.2, -0.15) is 0 Å². The minimum Gasteiger partial charge on any atom is -0.468 e. The van der Waals surface area contributed by atoms with E-state index >= 15 is 0 Å². The van der Waals surface area contributed by atoms with Crippen LogP contribution in [-0.2, 0) is 27.2 Å². The first-order valence-electron chi connectivity index (χ1n) is 7.21. The van der Waals surface area contributed by atoms with Crippen LogP contribution in [0.1, 0.15) is 22.6 Å². The van der Waals surface area contributed by atoms with Crippen molar-refractivity contribution < 1.29 is 18.7 Å². The Labute approximate surface area is 134 Å². The minimum absolute atomic E-state index is 0.251. The normalized spacial score (nSPS) is 11.7. The van der Waals surface area contributed by atoms with Gasteiger partial charge in [0.25, 0.3) is 0 Å². The highest BCUT2D eigenvalue weighted by atomic mass is 19.1. The average Bonchev–Trinajstić information content (AvgIpc) is 2.55. The van der Waals surface area contributed by atoms with Gasteiger partial charge in [-0.05, 0) is 41.7 Å². The van der Waals surface area contributed by atoms with Crippen LogP contribution in [0.3, 0.4) is 0 Å². The van der Waals surface area contributed by atoms with Crippen LogP contribution in [0.25, 0.3) is 0 Å². The predicted octanol–water partition coefficient (Wildman–Crippen LogP) is 2.35. The monoisotopic (exact) mass is 315 g/mol. The molecule has 2 aromatic rings. The lowest BCUT2D eigenvalue weighted by Gasteiger charge is -2.12. The summed E-state index contributed by atoms with van der Waals surface area (Å²) in [5.74, 6) is -2.75. The van der Waals surface area contributed by atoms with Gasteiger partial charge in [-0.1, -0.05) is 36.4 Å². The third-order valence-corrected chi connectivity index (χ3v) is 3.65. The molecule has 0 saturated carbocycles. The van der Waals surface area contributed by atoms with E-state index < -0.39 is 17.8 Å². The molecule has 0 bridgehead atoms. The summed E-state index contributed by atoms with van der Waals surface area (Å²) in [5, 5.41) is 0. The van der Waals surface area contributed by atoms with Crippen molar-refractivity contribution in [3.63, 3.8) is 0 Å². The molecule has 23 heavy (non-hydrogen) atoms. The molecule has 2 rings (SSSR count). The van der Waals surface area contributed by atoms with E-state index in [4.69, 9.17) is 5.73 Å². The standard InChI is InChI=1S/C18H18FNO3/c1-23-18(22)16(17(20)21)14-8-4-12(5-9-14)2-3-13-6-10-15(19)11-7-13/h4-11,16H,2-3H2,1H3,(H2,20,21). The van der Waals surface area contributed by atoms with E-state index in [1.165, 1.54) is 19.2 Å². The van der Waals surface area contributed by atoms with E-state index in [2.05, 4.69) is 4.74 Å². The summed E-state index contributed by atoms with van der Waals surface area (Å²) in [6.45, 7) is 0. The van der Waals surface area contributed by atoms with Crippen molar-refractivity contribution in [3.05, 3.63) is 71.0 Å². The van der Waals surface area contributed by atoms with E-state index in [1.54, 1.807) is 24.3 Å². The van der Waals surface area contributed by atoms with Crippen LogP contribution in [0.4, 0.5) is 4.39 Å². The Morgan fingerprint density at radius 3 is 1.91 bits per heavy atom. The fourth-order valence-corrected chi connectivity index (χ4v) is 2.35. The Hall–Kier alpha value is -2.69. The van der Waals surface area contributed by atoms with Crippen LogP contribution >= 0.6 is 0 Å². The topological polar surface area (TPSA) is 69.4 Å². The molecule has 4 nitrogen and oxygen atoms in total. The Morgan fingerprint density at radius 2 is 1.48 bits per heavy atom. The van der Waals surface area contributed by atoms with Gasteiger partial charge in [0.1, 0.15) is 5.82 Å². The van der Waals surface area contributed by atoms with E-state index in [-0.39, 0.29) is 5.82 Å². The molecule has 1 atom stereocenters. The van der Waals surface area contributed by atoms with Crippen LogP contribution in [0, 0.1) is 5.82 Å². The highest BCUT2D eigenvalue weighted by molar-refractivity contribution is 6.02. The van der Waals surface area contributed by atoms with Crippen LogP contribution in [0.5, 0.6) is 0 Å². The molecule has 2 N–H and O–H groups in total. The molecule has 0 aliphatic carbocycles. The number of hydrogen-bond donors (Lipinski definition) is 1. The lowest BCUT2D eigenvalue weighted by molar-refractivity contribution is -0.145. The first kappa shape index (κ1) is 16.7. The third kappa shape index (κ3) is 4.39. The second-order valence-electron chi connectivity index (χ2n) is 5.23. The van der Waals surface area contributed by atoms with Gasteiger partial charge in [-0.15, -0.1) is 0 Å². The Bertz CT molecular complexity index is 680. The highest BCUT2D eigenvalue weighted by Gasteiger charge is 2.27. The molecular weight excluding hydrogens is 297 g/mol. The number of rotatable bonds is 6. The number of benzene rings is 2. The third-order valence-electron chi connectivity index (χ3n) is 3.65. The smallest absolute Gasteiger partial charge is 0.322 e. The highest BCUT2D eigenvalue weighted by Crippen LogP contribution is 2.18. The van der Waals surface area contributed by atoms with Crippen LogP contribution in [0.15, 0.2) is 48.5 Å². The summed E-state index contributed by atoms with van der Waals surface area (Å²) in [6, 6.07) is 13.5. The van der Waals surface area contributed by atoms with E-state index in [0.717, 1.165) is 24.0 Å². The number of ether oxygens (including phenoxy) is 1. The number of hydrogen-bond acceptors (Lipinski definition) is 3. The van der Waals surface area contributed by atoms with Crippen LogP contribution in [-0.4, -0.2) is 19.0 Å². The number of carbonyl (C=O) groups is 2. The maximum absolute atomic E-state index is 12.9. The zero-order valence-corrected chi connectivity index (χ0v) is 12.8. The van der Waals surface area contributed by atoms with Crippen LogP contribution in [0.2, 0.25) is 0 Å². The molecule has 0 fully saturated rings. The molecule has 120 valence electrons. The zero-order valence-electron chi connectivity index (χ0n) is 12.8. The van der Waals surface area contributed by atoms with E-state index in [9.17, 15) is 14.0 Å². The van der Waals surface area contributed by atoms with Gasteiger partial charge >= 0.3 is 5.97 Å². The van der Waals surface area contributed by atoms with Crippen molar-refractivity contribution in [2.45, 2.75) is 18.8 Å². The number of amides is 1. The quantitative estimate of drug-likeness (QED) is 0.657. The lowest BCUT2D eigenvalue weighted by atomic mass is 9.96. The Balaban J connectivity index is 2.05. The van der Waals surface area contributed by atoms with Gasteiger partial charge in [0.15, 0.2) is 5.92 Å². The summed E-state index contributed by atoms with van der Waals surface area (Å²) >= 11 is 0. The number of halogens is 1. The number of carbonyl (C=O) groups excluding carboxylic acids is 2. The molecule has 1 unspecified atom stereocenters. The van der Waals surface area contributed by atoms with Gasteiger partial charge in [-0.25, -0.2) is 4.39 Å². The molecular formula is C18H18FNO3. The van der Waals surface area contributed by atoms with Crippen molar-refractivity contribution in [2.24, 2.45) is 5.73 Å². The number of methoxy groups -OCH3 is 1. The Morgan fingerprint density at radius 1 is 1.00 bits per heavy atom. The fourth-order valence-electron chi connectivity index (χ4n) is 2.35. The van der Waals surface area contributed by atoms with Gasteiger partial charge in [-0.3, -0.25) is 9.59 Å². The zero-order chi connectivity index (χ0) is 16.8. The fraction of sp³-hybridized carbons (Fsp3) is 0.222. The largest absolute Gasteiger partial charge is 0.468 e. The summed E-state index contributed by atoms with van der Waals surface area (Å²) < 4.78 is 17.5. The SMILES string of the molecule is COC(=O)C(C(N)=O)c1ccc(CCc2ccc(F)cc2)cc1. The summed E-state index contributed by atoms with van der Waals surface area (Å²) in [6.07, 6.45) is 1.54. The molecule has 0 saturated heterocycles. The van der Waals surface area contributed by atoms with Gasteiger partial charge in [0.05, 0.1) is 7.11 Å². The van der Waals surface area contributed by atoms with Crippen molar-refractivity contribution in [1.82, 2.24) is 0 Å². The number of nitrogens with two attached hydrogens (primary N) is 1. The summed E-state index contributed by atoms with van der Waals surface area (Å²) in [4.78, 5) is 23.0. The first-order chi connectivity index (χ1) is 11.0. The Kier molecular flexibility index (Phi) is 5.46. The van der Waals surface area contributed by atoms with Gasteiger partial charge < -0.3 is 10.5 Å². The predicted molar refractivity (Wildman–Crippen MR) is 84.2 cm³/mol. The second kappa shape index (κ2) is 7.54. The van der Waals surface area contributed by atoms with Crippen molar-refractivity contribution in [3.8, 4) is 0 Å². The molecule has 0 aromatic heterocycles. The van der Waals surface area contributed by atoms with Crippen molar-refractivity contribution in [1.29, 1.82) is 0 Å². The maximum Gasteiger partial charge on any atom is 0.322 e. The summed E-state index contributed by atoms with van der Waals surface area (Å²) in [7, 11) is 1.22. The van der Waals surface area contributed by atoms with E-state index in [1.807, 2.05) is 12.1 Å². The molecule has 0 heterocycles. The number of aryl methyl sites for hydroxylation is 2. The lowest BCUT2D eigenvalue weighted by Crippen LogP contribution is -2.29. The average molecular weight is 315 g/mol. The van der Waals surface area contributed by atoms with Crippen molar-refractivity contribution in [2.75, 3.05) is 7.11 Å². The number of primary amides is 1. The molecule has 5 heteroatoms. The first-order valence-corrected chi connectivity index (χ1v) is 7.21. The molecule has 0 aliphatic heterocycles. The summed E-state index contributed by atoms with van der Waals surface area (Å²) in [5.41, 5.74) is 7.86. The minimum atomic E-state index is -1.09.